The van der Waals surface area contributed by atoms with Crippen molar-refractivity contribution in [3.05, 3.63) is 0 Å². The highest BCUT2D eigenvalue weighted by atomic mass is 32.2. The first-order chi connectivity index (χ1) is 8.97. The van der Waals surface area contributed by atoms with Crippen molar-refractivity contribution in [1.82, 2.24) is 10.2 Å². The lowest BCUT2D eigenvalue weighted by Gasteiger charge is -2.33. The first-order valence-corrected chi connectivity index (χ1v) is 9.36. The van der Waals surface area contributed by atoms with E-state index in [4.69, 9.17) is 0 Å². The van der Waals surface area contributed by atoms with Crippen LogP contribution in [-0.4, -0.2) is 56.5 Å². The molecule has 2 saturated heterocycles. The fourth-order valence-corrected chi connectivity index (χ4v) is 5.00. The fourth-order valence-electron chi connectivity index (χ4n) is 3.22. The van der Waals surface area contributed by atoms with E-state index in [0.717, 1.165) is 44.7 Å². The van der Waals surface area contributed by atoms with Crippen LogP contribution >= 0.6 is 0 Å². The van der Waals surface area contributed by atoms with Crippen molar-refractivity contribution in [3.8, 4) is 0 Å². The molecule has 0 amide bonds. The van der Waals surface area contributed by atoms with Crippen molar-refractivity contribution in [2.45, 2.75) is 50.8 Å². The van der Waals surface area contributed by atoms with Crippen LogP contribution in [-0.2, 0) is 9.84 Å². The van der Waals surface area contributed by atoms with Gasteiger partial charge in [0.1, 0.15) is 0 Å². The molecule has 2 fully saturated rings. The van der Waals surface area contributed by atoms with Crippen LogP contribution in [0.3, 0.4) is 0 Å². The first-order valence-electron chi connectivity index (χ1n) is 7.64. The Hall–Kier alpha value is -0.130. The standard InChI is InChI=1S/C14H28N2O2S/c1-12(2)11-16-7-5-13(6-8-16)15-10-14-4-3-9-19(14,17)18/h12-15H,3-11H2,1-2H3. The van der Waals surface area contributed by atoms with Gasteiger partial charge < -0.3 is 10.2 Å². The highest BCUT2D eigenvalue weighted by molar-refractivity contribution is 7.92. The topological polar surface area (TPSA) is 49.4 Å². The maximum absolute atomic E-state index is 11.8. The molecule has 2 aliphatic heterocycles. The van der Waals surface area contributed by atoms with E-state index in [1.54, 1.807) is 0 Å². The summed E-state index contributed by atoms with van der Waals surface area (Å²) < 4.78 is 23.5. The maximum atomic E-state index is 11.8. The molecular formula is C14H28N2O2S. The normalized spacial score (nSPS) is 29.1. The van der Waals surface area contributed by atoms with Crippen molar-refractivity contribution in [1.29, 1.82) is 0 Å². The van der Waals surface area contributed by atoms with Crippen LogP contribution in [0.1, 0.15) is 39.5 Å². The van der Waals surface area contributed by atoms with Crippen LogP contribution in [0.2, 0.25) is 0 Å². The van der Waals surface area contributed by atoms with Gasteiger partial charge in [0.2, 0.25) is 0 Å². The number of nitrogens with one attached hydrogen (secondary N) is 1. The van der Waals surface area contributed by atoms with E-state index in [-0.39, 0.29) is 5.25 Å². The molecule has 1 atom stereocenters. The number of hydrogen-bond donors (Lipinski definition) is 1. The number of likely N-dealkylation sites (tertiary alicyclic amines) is 1. The van der Waals surface area contributed by atoms with Gasteiger partial charge >= 0.3 is 0 Å². The quantitative estimate of drug-likeness (QED) is 0.828. The average molecular weight is 288 g/mol. The van der Waals surface area contributed by atoms with Gasteiger partial charge in [-0.1, -0.05) is 13.8 Å². The molecule has 1 N–H and O–H groups in total. The second-order valence-electron chi connectivity index (χ2n) is 6.51. The van der Waals surface area contributed by atoms with E-state index in [0.29, 0.717) is 18.3 Å². The molecular weight excluding hydrogens is 260 g/mol. The lowest BCUT2D eigenvalue weighted by Crippen LogP contribution is -2.45. The van der Waals surface area contributed by atoms with Gasteiger partial charge in [-0.25, -0.2) is 8.42 Å². The zero-order valence-electron chi connectivity index (χ0n) is 12.3. The lowest BCUT2D eigenvalue weighted by atomic mass is 10.0. The first kappa shape index (κ1) is 15.3. The number of sulfone groups is 1. The van der Waals surface area contributed by atoms with E-state index in [1.807, 2.05) is 0 Å². The van der Waals surface area contributed by atoms with Gasteiger partial charge in [0.05, 0.1) is 11.0 Å². The molecule has 0 aromatic carbocycles. The molecule has 2 rings (SSSR count). The van der Waals surface area contributed by atoms with E-state index < -0.39 is 9.84 Å². The summed E-state index contributed by atoms with van der Waals surface area (Å²) >= 11 is 0. The Balaban J connectivity index is 1.69. The summed E-state index contributed by atoms with van der Waals surface area (Å²) in [6, 6.07) is 0.513. The lowest BCUT2D eigenvalue weighted by molar-refractivity contribution is 0.180. The van der Waals surface area contributed by atoms with E-state index in [9.17, 15) is 8.42 Å². The number of nitrogens with zero attached hydrogens (tertiary/aromatic N) is 1. The summed E-state index contributed by atoms with van der Waals surface area (Å²) in [5, 5.41) is 3.36. The predicted molar refractivity (Wildman–Crippen MR) is 79.1 cm³/mol. The summed E-state index contributed by atoms with van der Waals surface area (Å²) in [5.41, 5.74) is 0. The van der Waals surface area contributed by atoms with Gasteiger partial charge in [0, 0.05) is 19.1 Å². The predicted octanol–water partition coefficient (Wildman–Crippen LogP) is 1.27. The number of hydrogen-bond acceptors (Lipinski definition) is 4. The van der Waals surface area contributed by atoms with Gasteiger partial charge in [0.25, 0.3) is 0 Å². The largest absolute Gasteiger partial charge is 0.313 e. The monoisotopic (exact) mass is 288 g/mol. The molecule has 0 spiro atoms. The molecule has 4 nitrogen and oxygen atoms in total. The zero-order chi connectivity index (χ0) is 13.9. The molecule has 0 aromatic heterocycles. The zero-order valence-corrected chi connectivity index (χ0v) is 13.1. The molecule has 1 unspecified atom stereocenters. The highest BCUT2D eigenvalue weighted by Gasteiger charge is 2.31. The molecule has 5 heteroatoms. The second-order valence-corrected chi connectivity index (χ2v) is 8.91. The maximum Gasteiger partial charge on any atom is 0.154 e. The summed E-state index contributed by atoms with van der Waals surface area (Å²) in [6.07, 6.45) is 4.00. The Morgan fingerprint density at radius 3 is 2.42 bits per heavy atom. The van der Waals surface area contributed by atoms with E-state index in [1.165, 1.54) is 6.54 Å². The van der Waals surface area contributed by atoms with Crippen LogP contribution in [0.5, 0.6) is 0 Å². The molecule has 2 aliphatic rings. The number of rotatable bonds is 5. The third kappa shape index (κ3) is 4.43. The Morgan fingerprint density at radius 2 is 1.89 bits per heavy atom. The van der Waals surface area contributed by atoms with Crippen LogP contribution in [0, 0.1) is 5.92 Å². The van der Waals surface area contributed by atoms with Gasteiger partial charge in [-0.05, 0) is 44.7 Å². The average Bonchev–Trinajstić information content (AvgIpc) is 2.67. The Kier molecular flexibility index (Phi) is 5.26. The highest BCUT2D eigenvalue weighted by Crippen LogP contribution is 2.20. The summed E-state index contributed by atoms with van der Waals surface area (Å²) in [5.74, 6) is 1.12. The molecule has 19 heavy (non-hydrogen) atoms. The molecule has 2 heterocycles. The third-order valence-corrected chi connectivity index (χ3v) is 6.58. The van der Waals surface area contributed by atoms with E-state index in [2.05, 4.69) is 24.1 Å². The van der Waals surface area contributed by atoms with Crippen LogP contribution in [0.25, 0.3) is 0 Å². The molecule has 0 saturated carbocycles. The Labute approximate surface area is 117 Å². The van der Waals surface area contributed by atoms with Gasteiger partial charge in [-0.3, -0.25) is 0 Å². The molecule has 0 aliphatic carbocycles. The van der Waals surface area contributed by atoms with Gasteiger partial charge in [-0.15, -0.1) is 0 Å². The van der Waals surface area contributed by atoms with Crippen molar-refractivity contribution in [2.24, 2.45) is 5.92 Å². The summed E-state index contributed by atoms with van der Waals surface area (Å²) in [4.78, 5) is 2.52. The number of piperidine rings is 1. The Morgan fingerprint density at radius 1 is 1.21 bits per heavy atom. The van der Waals surface area contributed by atoms with Crippen molar-refractivity contribution >= 4 is 9.84 Å². The van der Waals surface area contributed by atoms with Crippen LogP contribution < -0.4 is 5.32 Å². The van der Waals surface area contributed by atoms with Crippen molar-refractivity contribution in [2.75, 3.05) is 31.9 Å². The summed E-state index contributed by atoms with van der Waals surface area (Å²) in [6.45, 7) is 8.66. The fraction of sp³-hybridized carbons (Fsp3) is 1.00. The Bertz CT molecular complexity index is 373. The summed E-state index contributed by atoms with van der Waals surface area (Å²) in [7, 11) is -2.79. The minimum Gasteiger partial charge on any atom is -0.313 e. The second kappa shape index (κ2) is 6.55. The molecule has 0 aromatic rings. The minimum absolute atomic E-state index is 0.124. The van der Waals surface area contributed by atoms with Crippen molar-refractivity contribution < 1.29 is 8.42 Å². The smallest absolute Gasteiger partial charge is 0.154 e. The van der Waals surface area contributed by atoms with Crippen LogP contribution in [0.4, 0.5) is 0 Å². The molecule has 0 bridgehead atoms. The molecule has 112 valence electrons. The van der Waals surface area contributed by atoms with Gasteiger partial charge in [0.15, 0.2) is 9.84 Å². The van der Waals surface area contributed by atoms with Crippen LogP contribution in [0.15, 0.2) is 0 Å². The van der Waals surface area contributed by atoms with E-state index >= 15 is 0 Å². The van der Waals surface area contributed by atoms with Crippen molar-refractivity contribution in [3.63, 3.8) is 0 Å². The molecule has 0 radical (unpaired) electrons. The van der Waals surface area contributed by atoms with Gasteiger partial charge in [-0.2, -0.15) is 0 Å². The third-order valence-electron chi connectivity index (χ3n) is 4.31. The minimum atomic E-state index is -2.79. The SMILES string of the molecule is CC(C)CN1CCC(NCC2CCCS2(=O)=O)CC1.